The van der Waals surface area contributed by atoms with Crippen LogP contribution in [0.4, 0.5) is 18.0 Å². The van der Waals surface area contributed by atoms with Crippen molar-refractivity contribution in [1.82, 2.24) is 20.3 Å². The van der Waals surface area contributed by atoms with Crippen LogP contribution < -0.4 is 5.32 Å². The molecular formula is C15H11F3N4OS. The summed E-state index contributed by atoms with van der Waals surface area (Å²) in [5, 5.41) is 11.9. The molecule has 9 heteroatoms. The lowest BCUT2D eigenvalue weighted by atomic mass is 10.1. The van der Waals surface area contributed by atoms with Gasteiger partial charge in [0.25, 0.3) is 0 Å². The average molecular weight is 352 g/mol. The minimum atomic E-state index is -4.55. The molecule has 1 amide bonds. The van der Waals surface area contributed by atoms with Gasteiger partial charge in [0.15, 0.2) is 0 Å². The first-order valence-corrected chi connectivity index (χ1v) is 7.68. The normalized spacial score (nSPS) is 11.6. The van der Waals surface area contributed by atoms with E-state index in [1.165, 1.54) is 17.4 Å². The fourth-order valence-corrected chi connectivity index (χ4v) is 2.81. The first-order valence-electron chi connectivity index (χ1n) is 6.80. The minimum absolute atomic E-state index is 0.0246. The second-order valence-electron chi connectivity index (χ2n) is 4.87. The molecule has 0 saturated heterocycles. The Bertz CT molecular complexity index is 899. The van der Waals surface area contributed by atoms with Gasteiger partial charge in [0.05, 0.1) is 12.1 Å². The lowest BCUT2D eigenvalue weighted by Crippen LogP contribution is -2.28. The Balaban J connectivity index is 1.99. The summed E-state index contributed by atoms with van der Waals surface area (Å²) in [6, 6.07) is 4.80. The first kappa shape index (κ1) is 16.2. The molecule has 24 heavy (non-hydrogen) atoms. The molecule has 3 rings (SSSR count). The molecule has 124 valence electrons. The lowest BCUT2D eigenvalue weighted by Gasteiger charge is -2.09. The molecule has 0 unspecified atom stereocenters. The summed E-state index contributed by atoms with van der Waals surface area (Å²) in [4.78, 5) is 13.1. The van der Waals surface area contributed by atoms with Gasteiger partial charge in [0, 0.05) is 10.4 Å². The SMILES string of the molecule is C=Cc1cc(C(F)(F)F)cc2c1nnn2C(=O)NCc1cccs1. The van der Waals surface area contributed by atoms with Crippen LogP contribution in [0, 0.1) is 0 Å². The van der Waals surface area contributed by atoms with Crippen molar-refractivity contribution < 1.29 is 18.0 Å². The van der Waals surface area contributed by atoms with Crippen LogP contribution in [0.25, 0.3) is 17.1 Å². The molecule has 0 spiro atoms. The van der Waals surface area contributed by atoms with Gasteiger partial charge in [0.2, 0.25) is 0 Å². The average Bonchev–Trinajstić information content (AvgIpc) is 3.20. The van der Waals surface area contributed by atoms with Crippen LogP contribution in [0.2, 0.25) is 0 Å². The first-order chi connectivity index (χ1) is 11.4. The highest BCUT2D eigenvalue weighted by Gasteiger charge is 2.32. The fraction of sp³-hybridized carbons (Fsp3) is 0.133. The summed E-state index contributed by atoms with van der Waals surface area (Å²) in [7, 11) is 0. The van der Waals surface area contributed by atoms with Gasteiger partial charge < -0.3 is 5.32 Å². The van der Waals surface area contributed by atoms with Crippen molar-refractivity contribution in [1.29, 1.82) is 0 Å². The van der Waals surface area contributed by atoms with E-state index in [4.69, 9.17) is 0 Å². The van der Waals surface area contributed by atoms with Gasteiger partial charge in [-0.25, -0.2) is 4.79 Å². The van der Waals surface area contributed by atoms with Gasteiger partial charge in [-0.15, -0.1) is 16.4 Å². The van der Waals surface area contributed by atoms with E-state index in [9.17, 15) is 18.0 Å². The number of alkyl halides is 3. The number of aromatic nitrogens is 3. The molecule has 2 aromatic heterocycles. The van der Waals surface area contributed by atoms with Crippen molar-refractivity contribution in [3.63, 3.8) is 0 Å². The molecule has 0 saturated carbocycles. The summed E-state index contributed by atoms with van der Waals surface area (Å²) >= 11 is 1.46. The van der Waals surface area contributed by atoms with Crippen molar-refractivity contribution in [3.8, 4) is 0 Å². The largest absolute Gasteiger partial charge is 0.416 e. The second kappa shape index (κ2) is 6.08. The summed E-state index contributed by atoms with van der Waals surface area (Å²) in [6.45, 7) is 3.74. The number of carbonyl (C=O) groups excluding carboxylic acids is 1. The predicted molar refractivity (Wildman–Crippen MR) is 84.6 cm³/mol. The number of thiophene rings is 1. The maximum absolute atomic E-state index is 13.0. The summed E-state index contributed by atoms with van der Waals surface area (Å²) < 4.78 is 39.9. The number of nitrogens with zero attached hydrogens (tertiary/aromatic N) is 3. The van der Waals surface area contributed by atoms with Crippen LogP contribution in [0.3, 0.4) is 0 Å². The Labute approximate surface area is 138 Å². The van der Waals surface area contributed by atoms with E-state index in [0.29, 0.717) is 0 Å². The molecule has 0 bridgehead atoms. The Morgan fingerprint density at radius 3 is 2.83 bits per heavy atom. The maximum atomic E-state index is 13.0. The molecular weight excluding hydrogens is 341 g/mol. The number of rotatable bonds is 3. The topological polar surface area (TPSA) is 59.8 Å². The van der Waals surface area contributed by atoms with Crippen LogP contribution in [0.5, 0.6) is 0 Å². The molecule has 0 atom stereocenters. The van der Waals surface area contributed by atoms with Crippen LogP contribution in [0.15, 0.2) is 36.2 Å². The van der Waals surface area contributed by atoms with Crippen LogP contribution >= 0.6 is 11.3 Å². The van der Waals surface area contributed by atoms with Gasteiger partial charge in [-0.3, -0.25) is 0 Å². The van der Waals surface area contributed by atoms with E-state index < -0.39 is 17.8 Å². The van der Waals surface area contributed by atoms with Crippen molar-refractivity contribution in [2.45, 2.75) is 12.7 Å². The van der Waals surface area contributed by atoms with Gasteiger partial charge >= 0.3 is 12.2 Å². The van der Waals surface area contributed by atoms with E-state index in [1.807, 2.05) is 17.5 Å². The van der Waals surface area contributed by atoms with Crippen molar-refractivity contribution in [2.75, 3.05) is 0 Å². The zero-order valence-electron chi connectivity index (χ0n) is 12.2. The molecule has 0 fully saturated rings. The lowest BCUT2D eigenvalue weighted by molar-refractivity contribution is -0.137. The Morgan fingerprint density at radius 2 is 2.21 bits per heavy atom. The summed E-state index contributed by atoms with van der Waals surface area (Å²) in [6.07, 6.45) is -3.30. The van der Waals surface area contributed by atoms with Crippen LogP contribution in [0.1, 0.15) is 16.0 Å². The number of halogens is 3. The maximum Gasteiger partial charge on any atom is 0.416 e. The number of hydrogen-bond acceptors (Lipinski definition) is 4. The van der Waals surface area contributed by atoms with Crippen LogP contribution in [-0.2, 0) is 12.7 Å². The smallest absolute Gasteiger partial charge is 0.331 e. The molecule has 0 radical (unpaired) electrons. The van der Waals surface area contributed by atoms with E-state index in [1.54, 1.807) is 0 Å². The Morgan fingerprint density at radius 1 is 1.42 bits per heavy atom. The van der Waals surface area contributed by atoms with Gasteiger partial charge in [-0.05, 0) is 23.6 Å². The zero-order chi connectivity index (χ0) is 17.3. The molecule has 1 aromatic carbocycles. The summed E-state index contributed by atoms with van der Waals surface area (Å²) in [5.74, 6) is 0. The number of nitrogens with one attached hydrogen (secondary N) is 1. The minimum Gasteiger partial charge on any atom is -0.331 e. The third-order valence-corrected chi connectivity index (χ3v) is 4.19. The third kappa shape index (κ3) is 3.02. The number of hydrogen-bond donors (Lipinski definition) is 1. The highest BCUT2D eigenvalue weighted by molar-refractivity contribution is 7.09. The number of carbonyl (C=O) groups is 1. The molecule has 2 heterocycles. The molecule has 0 aliphatic carbocycles. The number of fused-ring (bicyclic) bond motifs is 1. The van der Waals surface area contributed by atoms with E-state index in [2.05, 4.69) is 22.2 Å². The molecule has 3 aromatic rings. The summed E-state index contributed by atoms with van der Waals surface area (Å²) in [5.41, 5.74) is -0.565. The number of amides is 1. The van der Waals surface area contributed by atoms with E-state index in [-0.39, 0.29) is 23.1 Å². The van der Waals surface area contributed by atoms with Gasteiger partial charge in [-0.2, -0.15) is 17.9 Å². The highest BCUT2D eigenvalue weighted by atomic mass is 32.1. The number of benzene rings is 1. The zero-order valence-corrected chi connectivity index (χ0v) is 13.0. The third-order valence-electron chi connectivity index (χ3n) is 3.32. The van der Waals surface area contributed by atoms with Crippen LogP contribution in [-0.4, -0.2) is 21.0 Å². The fourth-order valence-electron chi connectivity index (χ4n) is 2.17. The van der Waals surface area contributed by atoms with E-state index >= 15 is 0 Å². The molecule has 1 N–H and O–H groups in total. The Hall–Kier alpha value is -2.68. The van der Waals surface area contributed by atoms with E-state index in [0.717, 1.165) is 21.7 Å². The monoisotopic (exact) mass is 352 g/mol. The van der Waals surface area contributed by atoms with Crippen molar-refractivity contribution >= 4 is 34.5 Å². The molecule has 5 nitrogen and oxygen atoms in total. The quantitative estimate of drug-likeness (QED) is 0.777. The highest BCUT2D eigenvalue weighted by Crippen LogP contribution is 2.33. The van der Waals surface area contributed by atoms with Gasteiger partial charge in [0.1, 0.15) is 11.0 Å². The van der Waals surface area contributed by atoms with Gasteiger partial charge in [-0.1, -0.05) is 23.9 Å². The predicted octanol–water partition coefficient (Wildman–Crippen LogP) is 3.91. The standard InChI is InChI=1S/C15H11F3N4OS/c1-2-9-6-10(15(16,17)18)7-12-13(9)20-21-22(12)14(23)19-8-11-4-3-5-24-11/h2-7H,1,8H2,(H,19,23). The van der Waals surface area contributed by atoms with Crippen molar-refractivity contribution in [2.24, 2.45) is 0 Å². The molecule has 0 aliphatic rings. The molecule has 0 aliphatic heterocycles. The second-order valence-corrected chi connectivity index (χ2v) is 5.91. The van der Waals surface area contributed by atoms with Crippen molar-refractivity contribution in [3.05, 3.63) is 52.2 Å². The Kier molecular flexibility index (Phi) is 4.10.